The van der Waals surface area contributed by atoms with Crippen molar-refractivity contribution in [3.63, 3.8) is 0 Å². The minimum absolute atomic E-state index is 0.217. The first kappa shape index (κ1) is 50.4. The summed E-state index contributed by atoms with van der Waals surface area (Å²) in [5.41, 5.74) is 1.39. The fourth-order valence-electron chi connectivity index (χ4n) is 5.66. The summed E-state index contributed by atoms with van der Waals surface area (Å²) in [6, 6.07) is 25.7. The van der Waals surface area contributed by atoms with E-state index in [2.05, 4.69) is 13.2 Å². The third-order valence-electron chi connectivity index (χ3n) is 9.25. The summed E-state index contributed by atoms with van der Waals surface area (Å²) in [5, 5.41) is 0. The van der Waals surface area contributed by atoms with Gasteiger partial charge in [0.15, 0.2) is 0 Å². The minimum atomic E-state index is -0.545. The lowest BCUT2D eigenvalue weighted by molar-refractivity contribution is -0.140. The van der Waals surface area contributed by atoms with Crippen molar-refractivity contribution in [1.29, 1.82) is 0 Å². The number of unbranched alkanes of at least 4 members (excludes halogenated alkanes) is 6. The Balaban J connectivity index is 1.03. The smallest absolute Gasteiger partial charge is 0.343 e. The van der Waals surface area contributed by atoms with E-state index in [1.165, 1.54) is 0 Å². The first-order valence-corrected chi connectivity index (χ1v) is 21.5. The highest BCUT2D eigenvalue weighted by Gasteiger charge is 2.13. The standard InChI is InChI=1S/C51H56O14/c1-36(2)48(54)60-34-10-5-8-14-46(52)62-42-24-28-44(29-25-42)64-50(56)38-16-20-40(21-17-38)58-32-12-7-13-33-59-41-22-18-39(19-23-41)51(57)65-45-30-26-43(27-31-45)63-47(53)15-9-6-11-35-61-49(55)37(3)4/h16-31H,1,3,5-15,32-35H2,2,4H3. The van der Waals surface area contributed by atoms with Crippen LogP contribution < -0.4 is 28.4 Å². The number of hydrogen-bond donors (Lipinski definition) is 0. The maximum Gasteiger partial charge on any atom is 0.343 e. The van der Waals surface area contributed by atoms with Crippen LogP contribution in [0.2, 0.25) is 0 Å². The Morgan fingerprint density at radius 2 is 0.662 bits per heavy atom. The van der Waals surface area contributed by atoms with Gasteiger partial charge in [0, 0.05) is 24.0 Å². The zero-order valence-corrected chi connectivity index (χ0v) is 37.0. The Bertz CT molecular complexity index is 2030. The minimum Gasteiger partial charge on any atom is -0.494 e. The van der Waals surface area contributed by atoms with Gasteiger partial charge in [-0.05, 0) is 169 Å². The molecule has 65 heavy (non-hydrogen) atoms. The molecule has 0 heterocycles. The molecule has 14 heteroatoms. The summed E-state index contributed by atoms with van der Waals surface area (Å²) in [4.78, 5) is 72.5. The maximum absolute atomic E-state index is 12.7. The molecule has 0 saturated heterocycles. The van der Waals surface area contributed by atoms with Gasteiger partial charge < -0.3 is 37.9 Å². The molecule has 0 fully saturated rings. The van der Waals surface area contributed by atoms with Crippen LogP contribution in [-0.4, -0.2) is 62.2 Å². The topological polar surface area (TPSA) is 176 Å². The first-order valence-electron chi connectivity index (χ1n) is 21.5. The SMILES string of the molecule is C=C(C)C(=O)OCCCCCC(=O)Oc1ccc(OC(=O)c2ccc(OCCCCCOc3ccc(C(=O)Oc4ccc(OC(=O)CCCCCOC(=O)C(=C)C)cc4)cc3)cc2)cc1. The lowest BCUT2D eigenvalue weighted by Crippen LogP contribution is -2.10. The van der Waals surface area contributed by atoms with E-state index in [4.69, 9.17) is 37.9 Å². The van der Waals surface area contributed by atoms with Gasteiger partial charge in [-0.3, -0.25) is 9.59 Å². The number of rotatable bonds is 28. The lowest BCUT2D eigenvalue weighted by atomic mass is 10.2. The molecular formula is C51H56O14. The van der Waals surface area contributed by atoms with Crippen LogP contribution in [-0.2, 0) is 28.7 Å². The molecule has 0 unspecified atom stereocenters. The molecule has 0 aliphatic heterocycles. The Morgan fingerprint density at radius 3 is 1.00 bits per heavy atom. The molecule has 4 rings (SSSR count). The second-order valence-electron chi connectivity index (χ2n) is 14.9. The van der Waals surface area contributed by atoms with Crippen molar-refractivity contribution >= 4 is 35.8 Å². The van der Waals surface area contributed by atoms with Crippen molar-refractivity contribution in [1.82, 2.24) is 0 Å². The third-order valence-corrected chi connectivity index (χ3v) is 9.25. The van der Waals surface area contributed by atoms with Gasteiger partial charge in [-0.2, -0.15) is 0 Å². The van der Waals surface area contributed by atoms with Crippen LogP contribution in [0, 0.1) is 0 Å². The molecule has 0 N–H and O–H groups in total. The first-order chi connectivity index (χ1) is 31.4. The molecule has 0 spiro atoms. The molecule has 4 aromatic rings. The summed E-state index contributed by atoms with van der Waals surface area (Å²) in [5.74, 6) is -0.216. The van der Waals surface area contributed by atoms with Gasteiger partial charge in [-0.25, -0.2) is 19.2 Å². The Morgan fingerprint density at radius 1 is 0.369 bits per heavy atom. The predicted octanol–water partition coefficient (Wildman–Crippen LogP) is 9.92. The molecule has 0 saturated carbocycles. The fraction of sp³-hybridized carbons (Fsp3) is 0.333. The van der Waals surface area contributed by atoms with Crippen LogP contribution in [0.15, 0.2) is 121 Å². The van der Waals surface area contributed by atoms with Crippen LogP contribution in [0.3, 0.4) is 0 Å². The zero-order chi connectivity index (χ0) is 46.8. The number of carbonyl (C=O) groups excluding carboxylic acids is 6. The molecule has 4 aromatic carbocycles. The molecule has 0 radical (unpaired) electrons. The van der Waals surface area contributed by atoms with Gasteiger partial charge in [-0.1, -0.05) is 13.2 Å². The van der Waals surface area contributed by atoms with Crippen molar-refractivity contribution < 1.29 is 66.7 Å². The molecule has 344 valence electrons. The molecule has 0 amide bonds. The van der Waals surface area contributed by atoms with Crippen molar-refractivity contribution in [2.75, 3.05) is 26.4 Å². The third kappa shape index (κ3) is 19.8. The van der Waals surface area contributed by atoms with E-state index in [1.807, 2.05) is 0 Å². The summed E-state index contributed by atoms with van der Waals surface area (Å²) >= 11 is 0. The fourth-order valence-corrected chi connectivity index (χ4v) is 5.66. The van der Waals surface area contributed by atoms with Crippen molar-refractivity contribution in [3.8, 4) is 34.5 Å². The van der Waals surface area contributed by atoms with Gasteiger partial charge in [0.25, 0.3) is 0 Å². The van der Waals surface area contributed by atoms with Crippen molar-refractivity contribution in [3.05, 3.63) is 132 Å². The number of esters is 6. The quantitative estimate of drug-likeness (QED) is 0.0228. The molecule has 0 bridgehead atoms. The largest absolute Gasteiger partial charge is 0.494 e. The molecule has 0 aromatic heterocycles. The van der Waals surface area contributed by atoms with Crippen LogP contribution in [0.25, 0.3) is 0 Å². The van der Waals surface area contributed by atoms with E-state index in [1.54, 1.807) is 111 Å². The highest BCUT2D eigenvalue weighted by molar-refractivity contribution is 5.92. The summed E-state index contributed by atoms with van der Waals surface area (Å²) < 4.78 is 43.3. The lowest BCUT2D eigenvalue weighted by Gasteiger charge is -2.09. The highest BCUT2D eigenvalue weighted by Crippen LogP contribution is 2.23. The Labute approximate surface area is 379 Å². The van der Waals surface area contributed by atoms with Crippen LogP contribution in [0.1, 0.15) is 105 Å². The Hall–Kier alpha value is -7.22. The van der Waals surface area contributed by atoms with Gasteiger partial charge in [0.1, 0.15) is 34.5 Å². The average molecular weight is 893 g/mol. The molecule has 14 nitrogen and oxygen atoms in total. The number of hydrogen-bond acceptors (Lipinski definition) is 14. The molecule has 0 aliphatic carbocycles. The number of benzene rings is 4. The number of carbonyl (C=O) groups is 6. The van der Waals surface area contributed by atoms with Crippen LogP contribution in [0.5, 0.6) is 34.5 Å². The summed E-state index contributed by atoms with van der Waals surface area (Å²) in [6.45, 7) is 11.7. The van der Waals surface area contributed by atoms with E-state index in [0.29, 0.717) is 109 Å². The van der Waals surface area contributed by atoms with E-state index in [9.17, 15) is 28.8 Å². The zero-order valence-electron chi connectivity index (χ0n) is 37.0. The van der Waals surface area contributed by atoms with E-state index >= 15 is 0 Å². The van der Waals surface area contributed by atoms with E-state index in [-0.39, 0.29) is 38.0 Å². The molecule has 0 atom stereocenters. The van der Waals surface area contributed by atoms with Crippen LogP contribution in [0.4, 0.5) is 0 Å². The highest BCUT2D eigenvalue weighted by atomic mass is 16.6. The monoisotopic (exact) mass is 892 g/mol. The van der Waals surface area contributed by atoms with E-state index in [0.717, 1.165) is 19.3 Å². The van der Waals surface area contributed by atoms with Gasteiger partial charge in [0.2, 0.25) is 0 Å². The van der Waals surface area contributed by atoms with Gasteiger partial charge >= 0.3 is 35.8 Å². The average Bonchev–Trinajstić information content (AvgIpc) is 3.29. The second-order valence-corrected chi connectivity index (χ2v) is 14.9. The molecular weight excluding hydrogens is 837 g/mol. The van der Waals surface area contributed by atoms with Crippen molar-refractivity contribution in [2.24, 2.45) is 0 Å². The van der Waals surface area contributed by atoms with Gasteiger partial charge in [-0.15, -0.1) is 0 Å². The van der Waals surface area contributed by atoms with Crippen LogP contribution >= 0.6 is 0 Å². The Kier molecular flexibility index (Phi) is 21.5. The number of ether oxygens (including phenoxy) is 8. The summed E-state index contributed by atoms with van der Waals surface area (Å²) in [6.07, 6.45) is 6.75. The normalized spacial score (nSPS) is 10.5. The predicted molar refractivity (Wildman–Crippen MR) is 240 cm³/mol. The second kappa shape index (κ2) is 27.8. The van der Waals surface area contributed by atoms with Crippen molar-refractivity contribution in [2.45, 2.75) is 84.5 Å². The van der Waals surface area contributed by atoms with Gasteiger partial charge in [0.05, 0.1) is 37.6 Å². The molecule has 0 aliphatic rings. The maximum atomic E-state index is 12.7. The summed E-state index contributed by atoms with van der Waals surface area (Å²) in [7, 11) is 0. The van der Waals surface area contributed by atoms with E-state index < -0.39 is 23.9 Å².